The molecule has 0 unspecified atom stereocenters. The highest BCUT2D eigenvalue weighted by atomic mass is 16.5. The van der Waals surface area contributed by atoms with Crippen molar-refractivity contribution in [3.63, 3.8) is 0 Å². The number of ether oxygens (including phenoxy) is 1. The normalized spacial score (nSPS) is 10.3. The van der Waals surface area contributed by atoms with Crippen molar-refractivity contribution in [3.8, 4) is 5.75 Å². The van der Waals surface area contributed by atoms with Crippen molar-refractivity contribution in [2.24, 2.45) is 0 Å². The fourth-order valence-electron chi connectivity index (χ4n) is 2.85. The second kappa shape index (κ2) is 8.39. The number of rotatable bonds is 6. The average molecular weight is 326 g/mol. The molecule has 0 radical (unpaired) electrons. The zero-order valence-corrected chi connectivity index (χ0v) is 14.9. The summed E-state index contributed by atoms with van der Waals surface area (Å²) in [6, 6.07) is 13.8. The van der Waals surface area contributed by atoms with Crippen LogP contribution in [-0.4, -0.2) is 25.7 Å². The van der Waals surface area contributed by atoms with Crippen molar-refractivity contribution >= 4 is 11.7 Å². The molecule has 0 atom stereocenters. The molecule has 0 saturated heterocycles. The molecular weight excluding hydrogens is 300 g/mol. The summed E-state index contributed by atoms with van der Waals surface area (Å²) in [6.07, 6.45) is 0. The van der Waals surface area contributed by atoms with E-state index in [4.69, 9.17) is 4.74 Å². The van der Waals surface area contributed by atoms with Gasteiger partial charge in [0.15, 0.2) is 0 Å². The summed E-state index contributed by atoms with van der Waals surface area (Å²) in [5, 5.41) is 2.91. The van der Waals surface area contributed by atoms with E-state index in [1.807, 2.05) is 51.1 Å². The van der Waals surface area contributed by atoms with Crippen LogP contribution >= 0.6 is 0 Å². The van der Waals surface area contributed by atoms with Crippen LogP contribution in [0.25, 0.3) is 0 Å². The molecule has 2 amide bonds. The van der Waals surface area contributed by atoms with E-state index in [-0.39, 0.29) is 6.03 Å². The number of carbonyl (C=O) groups excluding carboxylic acids is 1. The van der Waals surface area contributed by atoms with Gasteiger partial charge in [-0.2, -0.15) is 0 Å². The minimum Gasteiger partial charge on any atom is -0.491 e. The van der Waals surface area contributed by atoms with E-state index in [9.17, 15) is 4.79 Å². The lowest BCUT2D eigenvalue weighted by atomic mass is 10.1. The zero-order chi connectivity index (χ0) is 17.5. The predicted octanol–water partition coefficient (Wildman–Crippen LogP) is 4.23. The Labute approximate surface area is 144 Å². The first-order chi connectivity index (χ1) is 11.5. The predicted molar refractivity (Wildman–Crippen MR) is 99.0 cm³/mol. The largest absolute Gasteiger partial charge is 0.491 e. The van der Waals surface area contributed by atoms with Gasteiger partial charge >= 0.3 is 6.03 Å². The van der Waals surface area contributed by atoms with E-state index >= 15 is 0 Å². The maximum atomic E-state index is 12.3. The number of amides is 2. The van der Waals surface area contributed by atoms with Crippen LogP contribution in [-0.2, 0) is 0 Å². The Morgan fingerprint density at radius 3 is 2.29 bits per heavy atom. The van der Waals surface area contributed by atoms with Crippen LogP contribution in [0.4, 0.5) is 10.5 Å². The summed E-state index contributed by atoms with van der Waals surface area (Å²) >= 11 is 0. The molecule has 0 aromatic heterocycles. The number of nitrogens with one attached hydrogen (secondary N) is 1. The third-order valence-electron chi connectivity index (χ3n) is 3.86. The van der Waals surface area contributed by atoms with Gasteiger partial charge in [0.05, 0.1) is 6.54 Å². The van der Waals surface area contributed by atoms with Crippen LogP contribution in [0.3, 0.4) is 0 Å². The Morgan fingerprint density at radius 2 is 1.71 bits per heavy atom. The van der Waals surface area contributed by atoms with Crippen molar-refractivity contribution in [2.45, 2.75) is 27.7 Å². The van der Waals surface area contributed by atoms with Crippen LogP contribution in [0.5, 0.6) is 5.75 Å². The van der Waals surface area contributed by atoms with E-state index in [1.54, 1.807) is 4.90 Å². The van der Waals surface area contributed by atoms with Gasteiger partial charge in [0.2, 0.25) is 0 Å². The van der Waals surface area contributed by atoms with Gasteiger partial charge in [-0.3, -0.25) is 4.90 Å². The van der Waals surface area contributed by atoms with Crippen molar-refractivity contribution in [1.82, 2.24) is 5.32 Å². The van der Waals surface area contributed by atoms with Gasteiger partial charge in [0.25, 0.3) is 0 Å². The highest BCUT2D eigenvalue weighted by Crippen LogP contribution is 2.24. The van der Waals surface area contributed by atoms with E-state index < -0.39 is 0 Å². The lowest BCUT2D eigenvalue weighted by Gasteiger charge is -2.21. The molecule has 0 aliphatic heterocycles. The number of urea groups is 1. The van der Waals surface area contributed by atoms with Crippen molar-refractivity contribution in [3.05, 3.63) is 59.2 Å². The van der Waals surface area contributed by atoms with Gasteiger partial charge in [0.1, 0.15) is 12.4 Å². The van der Waals surface area contributed by atoms with Crippen LogP contribution in [0.1, 0.15) is 23.6 Å². The summed E-state index contributed by atoms with van der Waals surface area (Å²) in [7, 11) is 0. The summed E-state index contributed by atoms with van der Waals surface area (Å²) in [5.74, 6) is 0.908. The van der Waals surface area contributed by atoms with Gasteiger partial charge in [-0.1, -0.05) is 35.9 Å². The van der Waals surface area contributed by atoms with Gasteiger partial charge < -0.3 is 10.1 Å². The number of aryl methyl sites for hydroxylation is 3. The Balaban J connectivity index is 1.87. The molecule has 0 bridgehead atoms. The second-order valence-corrected chi connectivity index (χ2v) is 5.89. The minimum atomic E-state index is -0.107. The number of benzene rings is 2. The van der Waals surface area contributed by atoms with Crippen molar-refractivity contribution < 1.29 is 9.53 Å². The number of carbonyl (C=O) groups is 1. The third-order valence-corrected chi connectivity index (χ3v) is 3.86. The molecule has 24 heavy (non-hydrogen) atoms. The molecule has 0 saturated carbocycles. The summed E-state index contributed by atoms with van der Waals surface area (Å²) in [6.45, 7) is 9.66. The van der Waals surface area contributed by atoms with E-state index in [1.165, 1.54) is 5.56 Å². The fourth-order valence-corrected chi connectivity index (χ4v) is 2.85. The number of para-hydroxylation sites is 1. The number of hydrogen-bond acceptors (Lipinski definition) is 2. The zero-order valence-electron chi connectivity index (χ0n) is 14.9. The van der Waals surface area contributed by atoms with E-state index in [0.717, 1.165) is 22.6 Å². The van der Waals surface area contributed by atoms with E-state index in [2.05, 4.69) is 24.4 Å². The molecule has 0 aliphatic rings. The summed E-state index contributed by atoms with van der Waals surface area (Å²) < 4.78 is 5.86. The molecule has 0 fully saturated rings. The van der Waals surface area contributed by atoms with E-state index in [0.29, 0.717) is 19.7 Å². The Hall–Kier alpha value is -2.49. The minimum absolute atomic E-state index is 0.107. The maximum absolute atomic E-state index is 12.3. The first-order valence-corrected chi connectivity index (χ1v) is 8.34. The first-order valence-electron chi connectivity index (χ1n) is 8.34. The van der Waals surface area contributed by atoms with Crippen molar-refractivity contribution in [1.29, 1.82) is 0 Å². The molecule has 2 rings (SSSR count). The number of anilines is 1. The maximum Gasteiger partial charge on any atom is 0.321 e. The van der Waals surface area contributed by atoms with Gasteiger partial charge in [-0.05, 0) is 51.0 Å². The fraction of sp³-hybridized carbons (Fsp3) is 0.350. The standard InChI is InChI=1S/C20H26N2O2/c1-5-22(18-9-7-6-8-10-18)20(23)21-11-12-24-19-16(3)13-15(2)14-17(19)4/h6-10,13-14H,5,11-12H2,1-4H3,(H,21,23). The van der Waals surface area contributed by atoms with Gasteiger partial charge in [-0.25, -0.2) is 4.79 Å². The van der Waals surface area contributed by atoms with Gasteiger partial charge in [-0.15, -0.1) is 0 Å². The average Bonchev–Trinajstić information content (AvgIpc) is 2.55. The highest BCUT2D eigenvalue weighted by molar-refractivity contribution is 5.91. The molecule has 2 aromatic rings. The number of nitrogens with zero attached hydrogens (tertiary/aromatic N) is 1. The molecule has 1 N–H and O–H groups in total. The molecule has 4 heteroatoms. The monoisotopic (exact) mass is 326 g/mol. The highest BCUT2D eigenvalue weighted by Gasteiger charge is 2.12. The molecule has 2 aromatic carbocycles. The van der Waals surface area contributed by atoms with Gasteiger partial charge in [0, 0.05) is 12.2 Å². The second-order valence-electron chi connectivity index (χ2n) is 5.89. The summed E-state index contributed by atoms with van der Waals surface area (Å²) in [5.41, 5.74) is 4.37. The molecule has 0 aliphatic carbocycles. The summed E-state index contributed by atoms with van der Waals surface area (Å²) in [4.78, 5) is 14.0. The lowest BCUT2D eigenvalue weighted by Crippen LogP contribution is -2.41. The molecule has 4 nitrogen and oxygen atoms in total. The van der Waals surface area contributed by atoms with Crippen LogP contribution in [0.15, 0.2) is 42.5 Å². The van der Waals surface area contributed by atoms with Crippen molar-refractivity contribution in [2.75, 3.05) is 24.6 Å². The molecule has 128 valence electrons. The molecular formula is C20H26N2O2. The number of hydrogen-bond donors (Lipinski definition) is 1. The Morgan fingerprint density at radius 1 is 1.08 bits per heavy atom. The smallest absolute Gasteiger partial charge is 0.321 e. The Kier molecular flexibility index (Phi) is 6.24. The Bertz CT molecular complexity index is 660. The molecule has 0 spiro atoms. The quantitative estimate of drug-likeness (QED) is 0.807. The van der Waals surface area contributed by atoms with Crippen LogP contribution < -0.4 is 15.0 Å². The van der Waals surface area contributed by atoms with Crippen LogP contribution in [0.2, 0.25) is 0 Å². The third kappa shape index (κ3) is 4.51. The molecule has 0 heterocycles. The topological polar surface area (TPSA) is 41.6 Å². The first kappa shape index (κ1) is 17.9. The lowest BCUT2D eigenvalue weighted by molar-refractivity contribution is 0.242. The van der Waals surface area contributed by atoms with Crippen LogP contribution in [0, 0.1) is 20.8 Å². The SMILES string of the molecule is CCN(C(=O)NCCOc1c(C)cc(C)cc1C)c1ccccc1.